The molecule has 0 aliphatic carbocycles. The molecule has 1 fully saturated rings. The number of anilines is 2. The van der Waals surface area contributed by atoms with E-state index < -0.39 is 17.4 Å². The fourth-order valence-corrected chi connectivity index (χ4v) is 4.66. The number of halogens is 3. The molecular weight excluding hydrogens is 514 g/mol. The van der Waals surface area contributed by atoms with Crippen molar-refractivity contribution in [3.63, 3.8) is 0 Å². The predicted octanol–water partition coefficient (Wildman–Crippen LogP) is 6.38. The summed E-state index contributed by atoms with van der Waals surface area (Å²) in [7, 11) is 0. The summed E-state index contributed by atoms with van der Waals surface area (Å²) in [5.41, 5.74) is 4.19. The smallest absolute Gasteiger partial charge is 0.194 e. The number of hydrogen-bond acceptors (Lipinski definition) is 6. The molecule has 1 aromatic heterocycles. The van der Waals surface area contributed by atoms with E-state index in [0.717, 1.165) is 29.0 Å². The molecule has 196 valence electrons. The summed E-state index contributed by atoms with van der Waals surface area (Å²) in [5.74, 6) is -2.32. The summed E-state index contributed by atoms with van der Waals surface area (Å²) in [4.78, 5) is 13.5. The first-order chi connectivity index (χ1) is 18.1. The molecule has 5 rings (SSSR count). The number of carbonyl (C=O) groups is 1. The molecule has 1 aliphatic heterocycles. The maximum Gasteiger partial charge on any atom is 0.194 e. The maximum atomic E-state index is 14.0. The molecule has 2 heterocycles. The van der Waals surface area contributed by atoms with Gasteiger partial charge in [0.1, 0.15) is 17.3 Å². The maximum absolute atomic E-state index is 14.0. The zero-order chi connectivity index (χ0) is 27.0. The Morgan fingerprint density at radius 3 is 2.66 bits per heavy atom. The second kappa shape index (κ2) is 10.2. The number of nitrogens with one attached hydrogen (secondary N) is 2. The van der Waals surface area contributed by atoms with Gasteiger partial charge in [-0.1, -0.05) is 28.9 Å². The van der Waals surface area contributed by atoms with Crippen LogP contribution in [0.5, 0.6) is 0 Å². The summed E-state index contributed by atoms with van der Waals surface area (Å²) >= 11 is 6.47. The van der Waals surface area contributed by atoms with Gasteiger partial charge in [0, 0.05) is 34.9 Å². The minimum Gasteiger partial charge on any atom is -0.353 e. The Hall–Kier alpha value is -3.66. The number of rotatable bonds is 7. The lowest BCUT2D eigenvalue weighted by molar-refractivity contribution is -0.138. The second-order valence-electron chi connectivity index (χ2n) is 9.60. The third kappa shape index (κ3) is 5.45. The van der Waals surface area contributed by atoms with Crippen LogP contribution in [0, 0.1) is 18.6 Å². The van der Waals surface area contributed by atoms with Crippen LogP contribution in [0.25, 0.3) is 11.3 Å². The molecule has 0 amide bonds. The number of ketones is 1. The van der Waals surface area contributed by atoms with Gasteiger partial charge in [-0.05, 0) is 62.7 Å². The largest absolute Gasteiger partial charge is 0.353 e. The van der Waals surface area contributed by atoms with Crippen LogP contribution in [-0.2, 0) is 15.9 Å². The van der Waals surface area contributed by atoms with Crippen molar-refractivity contribution in [3.05, 3.63) is 93.6 Å². The molecule has 1 atom stereocenters. The average molecular weight is 539 g/mol. The Labute approximate surface area is 223 Å². The lowest BCUT2D eigenvalue weighted by Crippen LogP contribution is -2.22. The van der Waals surface area contributed by atoms with Crippen molar-refractivity contribution < 1.29 is 23.0 Å². The van der Waals surface area contributed by atoms with E-state index in [4.69, 9.17) is 21.1 Å². The number of H-pyrrole nitrogens is 1. The van der Waals surface area contributed by atoms with Gasteiger partial charge < -0.3 is 14.8 Å². The lowest BCUT2D eigenvalue weighted by Gasteiger charge is -2.17. The quantitative estimate of drug-likeness (QED) is 0.265. The monoisotopic (exact) mass is 538 g/mol. The summed E-state index contributed by atoms with van der Waals surface area (Å²) in [6.07, 6.45) is 0.379. The molecule has 38 heavy (non-hydrogen) atoms. The van der Waals surface area contributed by atoms with E-state index in [-0.39, 0.29) is 28.2 Å². The minimum atomic E-state index is -0.739. The highest BCUT2D eigenvalue weighted by Gasteiger charge is 2.33. The molecule has 7 nitrogen and oxygen atoms in total. The van der Waals surface area contributed by atoms with Crippen LogP contribution in [0.3, 0.4) is 0 Å². The number of hydrogen-bond donors (Lipinski definition) is 2. The molecule has 1 unspecified atom stereocenters. The fraction of sp³-hybridized carbons (Fsp3) is 0.250. The van der Waals surface area contributed by atoms with Crippen LogP contribution in [-0.4, -0.2) is 39.7 Å². The summed E-state index contributed by atoms with van der Waals surface area (Å²) in [5, 5.41) is 14.2. The van der Waals surface area contributed by atoms with Gasteiger partial charge in [0.05, 0.1) is 29.1 Å². The molecule has 1 aliphatic rings. The van der Waals surface area contributed by atoms with Gasteiger partial charge in [-0.3, -0.25) is 9.89 Å². The van der Waals surface area contributed by atoms with Crippen molar-refractivity contribution in [2.75, 3.05) is 11.9 Å². The molecule has 10 heteroatoms. The highest BCUT2D eigenvalue weighted by molar-refractivity contribution is 6.35. The van der Waals surface area contributed by atoms with Crippen molar-refractivity contribution in [3.8, 4) is 11.3 Å². The Bertz CT molecular complexity index is 1520. The number of aryl methyl sites for hydroxylation is 1. The highest BCUT2D eigenvalue weighted by Crippen LogP contribution is 2.31. The van der Waals surface area contributed by atoms with E-state index in [9.17, 15) is 13.6 Å². The molecule has 2 N–H and O–H groups in total. The van der Waals surface area contributed by atoms with E-state index in [1.165, 1.54) is 12.1 Å². The Balaban J connectivity index is 1.38. The third-order valence-corrected chi connectivity index (χ3v) is 6.61. The van der Waals surface area contributed by atoms with Gasteiger partial charge in [-0.2, -0.15) is 0 Å². The number of ether oxygens (including phenoxy) is 2. The van der Waals surface area contributed by atoms with Gasteiger partial charge in [-0.25, -0.2) is 8.78 Å². The molecule has 3 aromatic carbocycles. The van der Waals surface area contributed by atoms with Crippen molar-refractivity contribution in [1.29, 1.82) is 0 Å². The molecule has 0 spiro atoms. The van der Waals surface area contributed by atoms with Crippen LogP contribution in [0.1, 0.15) is 41.0 Å². The molecule has 0 saturated carbocycles. The Kier molecular flexibility index (Phi) is 7.00. The molecule has 0 bridgehead atoms. The zero-order valence-corrected chi connectivity index (χ0v) is 21.7. The highest BCUT2D eigenvalue weighted by atomic mass is 35.5. The first kappa shape index (κ1) is 26.0. The van der Waals surface area contributed by atoms with Gasteiger partial charge in [0.25, 0.3) is 0 Å². The standard InChI is InChI=1S/C28H25ClF2N4O3/c1-15-4-5-16(26-25(33-35-34-26)13-19-14-37-28(2,3)38-19)10-21(15)27(36)20-8-7-18(12-22(20)29)32-24-9-6-17(30)11-23(24)31/h4-12,19,32H,13-14H2,1-3H3,(H,33,34,35). The number of nitrogens with zero attached hydrogens (tertiary/aromatic N) is 2. The first-order valence-corrected chi connectivity index (χ1v) is 12.4. The number of aromatic nitrogens is 3. The topological polar surface area (TPSA) is 89.1 Å². The summed E-state index contributed by atoms with van der Waals surface area (Å²) in [6, 6.07) is 13.4. The van der Waals surface area contributed by atoms with Crippen LogP contribution in [0.4, 0.5) is 20.2 Å². The Morgan fingerprint density at radius 2 is 1.95 bits per heavy atom. The van der Waals surface area contributed by atoms with Crippen LogP contribution in [0.15, 0.2) is 54.6 Å². The molecular formula is C28H25ClF2N4O3. The predicted molar refractivity (Wildman–Crippen MR) is 140 cm³/mol. The number of carbonyl (C=O) groups excluding carboxylic acids is 1. The third-order valence-electron chi connectivity index (χ3n) is 6.30. The first-order valence-electron chi connectivity index (χ1n) is 12.0. The van der Waals surface area contributed by atoms with Crippen LogP contribution < -0.4 is 5.32 Å². The van der Waals surface area contributed by atoms with Crippen LogP contribution >= 0.6 is 11.6 Å². The zero-order valence-electron chi connectivity index (χ0n) is 20.9. The van der Waals surface area contributed by atoms with Gasteiger partial charge in [0.15, 0.2) is 11.6 Å². The van der Waals surface area contributed by atoms with E-state index in [1.807, 2.05) is 32.9 Å². The lowest BCUT2D eigenvalue weighted by atomic mass is 9.95. The SMILES string of the molecule is Cc1ccc(-c2nn[nH]c2CC2COC(C)(C)O2)cc1C(=O)c1ccc(Nc2ccc(F)cc2F)cc1Cl. The van der Waals surface area contributed by atoms with Crippen molar-refractivity contribution in [2.24, 2.45) is 0 Å². The number of aromatic amines is 1. The molecule has 0 radical (unpaired) electrons. The van der Waals surface area contributed by atoms with Crippen molar-refractivity contribution >= 4 is 28.8 Å². The van der Waals surface area contributed by atoms with Crippen molar-refractivity contribution in [1.82, 2.24) is 15.4 Å². The van der Waals surface area contributed by atoms with Crippen molar-refractivity contribution in [2.45, 2.75) is 39.1 Å². The fourth-order valence-electron chi connectivity index (χ4n) is 4.40. The van der Waals surface area contributed by atoms with Crippen LogP contribution in [0.2, 0.25) is 5.02 Å². The van der Waals surface area contributed by atoms with E-state index in [2.05, 4.69) is 20.7 Å². The second-order valence-corrected chi connectivity index (χ2v) is 10.0. The Morgan fingerprint density at radius 1 is 1.13 bits per heavy atom. The minimum absolute atomic E-state index is 0.0895. The summed E-state index contributed by atoms with van der Waals surface area (Å²) < 4.78 is 38.8. The van der Waals surface area contributed by atoms with E-state index >= 15 is 0 Å². The molecule has 1 saturated heterocycles. The summed E-state index contributed by atoms with van der Waals surface area (Å²) in [6.45, 7) is 6.03. The average Bonchev–Trinajstić information content (AvgIpc) is 3.46. The molecule has 4 aromatic rings. The van der Waals surface area contributed by atoms with E-state index in [0.29, 0.717) is 30.0 Å². The van der Waals surface area contributed by atoms with Gasteiger partial charge in [-0.15, -0.1) is 5.10 Å². The number of benzene rings is 3. The normalized spacial score (nSPS) is 16.5. The van der Waals surface area contributed by atoms with Gasteiger partial charge >= 0.3 is 0 Å². The van der Waals surface area contributed by atoms with E-state index in [1.54, 1.807) is 18.2 Å². The van der Waals surface area contributed by atoms with Gasteiger partial charge in [0.2, 0.25) is 0 Å².